The summed E-state index contributed by atoms with van der Waals surface area (Å²) < 4.78 is 38.5. The zero-order valence-corrected chi connectivity index (χ0v) is 20.1. The minimum Gasteiger partial charge on any atom is -0.497 e. The predicted octanol–water partition coefficient (Wildman–Crippen LogP) is 4.65. The Labute approximate surface area is 196 Å². The van der Waals surface area contributed by atoms with Crippen molar-refractivity contribution in [3.8, 4) is 11.5 Å². The summed E-state index contributed by atoms with van der Waals surface area (Å²) in [5.74, 6) is 0.776. The number of anilines is 2. The summed E-state index contributed by atoms with van der Waals surface area (Å²) in [6.45, 7) is 1.09. The first-order valence-electron chi connectivity index (χ1n) is 11.1. The molecule has 0 saturated carbocycles. The summed E-state index contributed by atoms with van der Waals surface area (Å²) in [5.41, 5.74) is 5.02. The second-order valence-corrected chi connectivity index (χ2v) is 10.1. The number of nitrogens with zero attached hydrogens (tertiary/aromatic N) is 2. The van der Waals surface area contributed by atoms with Gasteiger partial charge in [0.25, 0.3) is 0 Å². The molecule has 33 heavy (non-hydrogen) atoms. The summed E-state index contributed by atoms with van der Waals surface area (Å²) in [6, 6.07) is 21.8. The number of ether oxygens (including phenoxy) is 2. The number of benzene rings is 3. The Morgan fingerprint density at radius 3 is 2.06 bits per heavy atom. The molecule has 0 spiro atoms. The largest absolute Gasteiger partial charge is 0.497 e. The number of para-hydroxylation sites is 2. The van der Waals surface area contributed by atoms with Crippen LogP contribution in [-0.2, 0) is 22.9 Å². The number of fused-ring (bicyclic) bond motifs is 2. The van der Waals surface area contributed by atoms with Crippen molar-refractivity contribution in [2.75, 3.05) is 39.3 Å². The maximum absolute atomic E-state index is 13.3. The molecule has 174 valence electrons. The van der Waals surface area contributed by atoms with E-state index in [1.807, 2.05) is 0 Å². The van der Waals surface area contributed by atoms with Crippen molar-refractivity contribution in [2.45, 2.75) is 24.2 Å². The van der Waals surface area contributed by atoms with Crippen LogP contribution in [0.25, 0.3) is 0 Å². The molecule has 0 amide bonds. The number of sulfonamides is 1. The summed E-state index contributed by atoms with van der Waals surface area (Å²) in [5, 5.41) is 0. The maximum atomic E-state index is 13.3. The molecule has 7 heteroatoms. The van der Waals surface area contributed by atoms with Crippen molar-refractivity contribution >= 4 is 21.4 Å². The van der Waals surface area contributed by atoms with Crippen LogP contribution < -0.4 is 14.4 Å². The third kappa shape index (κ3) is 4.70. The number of hydrogen-bond acceptors (Lipinski definition) is 5. The molecule has 0 atom stereocenters. The Balaban J connectivity index is 1.54. The van der Waals surface area contributed by atoms with Crippen molar-refractivity contribution in [1.29, 1.82) is 0 Å². The molecule has 0 fully saturated rings. The van der Waals surface area contributed by atoms with E-state index >= 15 is 0 Å². The van der Waals surface area contributed by atoms with Crippen molar-refractivity contribution in [3.05, 3.63) is 77.9 Å². The molecule has 0 N–H and O–H groups in total. The molecule has 6 nitrogen and oxygen atoms in total. The third-order valence-electron chi connectivity index (χ3n) is 6.14. The molecule has 1 aliphatic heterocycles. The van der Waals surface area contributed by atoms with Crippen LogP contribution >= 0.6 is 0 Å². The average Bonchev–Trinajstić information content (AvgIpc) is 3.00. The van der Waals surface area contributed by atoms with Crippen LogP contribution in [-0.4, -0.2) is 47.1 Å². The molecule has 3 aromatic carbocycles. The lowest BCUT2D eigenvalue weighted by atomic mass is 10.0. The smallest absolute Gasteiger partial charge is 0.246 e. The first-order chi connectivity index (χ1) is 16.0. The van der Waals surface area contributed by atoms with Gasteiger partial charge in [0.05, 0.1) is 14.2 Å². The van der Waals surface area contributed by atoms with E-state index < -0.39 is 10.0 Å². The van der Waals surface area contributed by atoms with E-state index in [-0.39, 0.29) is 4.90 Å². The van der Waals surface area contributed by atoms with Gasteiger partial charge >= 0.3 is 0 Å². The Hall–Kier alpha value is -3.03. The molecular weight excluding hydrogens is 436 g/mol. The van der Waals surface area contributed by atoms with Gasteiger partial charge in [-0.15, -0.1) is 0 Å². The molecule has 0 bridgehead atoms. The highest BCUT2D eigenvalue weighted by Gasteiger charge is 2.26. The van der Waals surface area contributed by atoms with E-state index in [1.165, 1.54) is 47.1 Å². The summed E-state index contributed by atoms with van der Waals surface area (Å²) in [4.78, 5) is 2.43. The maximum Gasteiger partial charge on any atom is 0.246 e. The van der Waals surface area contributed by atoms with Crippen LogP contribution in [0.5, 0.6) is 11.5 Å². The zero-order valence-electron chi connectivity index (χ0n) is 19.3. The lowest BCUT2D eigenvalue weighted by molar-refractivity contribution is 0.388. The van der Waals surface area contributed by atoms with Crippen LogP contribution in [0, 0.1) is 0 Å². The first kappa shape index (κ1) is 23.1. The number of hydrogen-bond donors (Lipinski definition) is 0. The quantitative estimate of drug-likeness (QED) is 0.484. The highest BCUT2D eigenvalue weighted by atomic mass is 32.2. The fourth-order valence-electron chi connectivity index (χ4n) is 4.34. The fraction of sp³-hybridized carbons (Fsp3) is 0.308. The van der Waals surface area contributed by atoms with Gasteiger partial charge in [0, 0.05) is 37.6 Å². The second-order valence-electron chi connectivity index (χ2n) is 8.11. The molecule has 0 unspecified atom stereocenters. The second kappa shape index (κ2) is 9.85. The van der Waals surface area contributed by atoms with Crippen LogP contribution in [0.1, 0.15) is 17.5 Å². The SMILES string of the molecule is COc1ccc(OC)c(S(=O)(=O)N(C)CCCN2c3ccccc3CCc3ccccc32)c1. The van der Waals surface area contributed by atoms with Crippen LogP contribution in [0.4, 0.5) is 11.4 Å². The Morgan fingerprint density at radius 2 is 1.48 bits per heavy atom. The number of aryl methyl sites for hydroxylation is 2. The highest BCUT2D eigenvalue weighted by Crippen LogP contribution is 2.36. The van der Waals surface area contributed by atoms with E-state index in [9.17, 15) is 8.42 Å². The number of methoxy groups -OCH3 is 2. The lowest BCUT2D eigenvalue weighted by Gasteiger charge is -2.28. The molecule has 1 heterocycles. The molecule has 0 saturated heterocycles. The topological polar surface area (TPSA) is 59.1 Å². The Morgan fingerprint density at radius 1 is 0.879 bits per heavy atom. The third-order valence-corrected chi connectivity index (χ3v) is 8.02. The lowest BCUT2D eigenvalue weighted by Crippen LogP contribution is -2.31. The Kier molecular flexibility index (Phi) is 6.91. The number of rotatable bonds is 8. The van der Waals surface area contributed by atoms with Gasteiger partial charge in [-0.05, 0) is 54.7 Å². The standard InChI is InChI=1S/C26H30N2O4S/c1-27(33(29,30)26-19-22(31-2)15-16-25(26)32-3)17-8-18-28-23-11-6-4-9-20(23)13-14-21-10-5-7-12-24(21)28/h4-7,9-12,15-16,19H,8,13-14,17-18H2,1-3H3. The molecule has 3 aromatic rings. The molecule has 4 rings (SSSR count). The molecule has 0 radical (unpaired) electrons. The van der Waals surface area contributed by atoms with Gasteiger partial charge < -0.3 is 14.4 Å². The van der Waals surface area contributed by atoms with Crippen molar-refractivity contribution in [1.82, 2.24) is 4.31 Å². The van der Waals surface area contributed by atoms with Gasteiger partial charge in [0.1, 0.15) is 16.4 Å². The van der Waals surface area contributed by atoms with Crippen molar-refractivity contribution in [3.63, 3.8) is 0 Å². The Bertz CT molecular complexity index is 1180. The van der Waals surface area contributed by atoms with Gasteiger partial charge in [-0.2, -0.15) is 0 Å². The monoisotopic (exact) mass is 466 g/mol. The van der Waals surface area contributed by atoms with E-state index in [2.05, 4.69) is 53.4 Å². The minimum absolute atomic E-state index is 0.109. The van der Waals surface area contributed by atoms with E-state index in [4.69, 9.17) is 9.47 Å². The summed E-state index contributed by atoms with van der Waals surface area (Å²) in [7, 11) is 0.854. The van der Waals surface area contributed by atoms with Crippen molar-refractivity contribution < 1.29 is 17.9 Å². The molecule has 1 aliphatic rings. The normalized spacial score (nSPS) is 13.3. The van der Waals surface area contributed by atoms with E-state index in [0.29, 0.717) is 31.0 Å². The van der Waals surface area contributed by atoms with Crippen molar-refractivity contribution in [2.24, 2.45) is 0 Å². The van der Waals surface area contributed by atoms with E-state index in [0.717, 1.165) is 12.8 Å². The zero-order chi connectivity index (χ0) is 23.4. The summed E-state index contributed by atoms with van der Waals surface area (Å²) in [6.07, 6.45) is 2.66. The van der Waals surface area contributed by atoms with Gasteiger partial charge in [-0.3, -0.25) is 0 Å². The van der Waals surface area contributed by atoms with Crippen LogP contribution in [0.15, 0.2) is 71.6 Å². The predicted molar refractivity (Wildman–Crippen MR) is 131 cm³/mol. The van der Waals surface area contributed by atoms with Gasteiger partial charge in [-0.25, -0.2) is 12.7 Å². The van der Waals surface area contributed by atoms with E-state index in [1.54, 1.807) is 19.2 Å². The van der Waals surface area contributed by atoms with Gasteiger partial charge in [-0.1, -0.05) is 36.4 Å². The highest BCUT2D eigenvalue weighted by molar-refractivity contribution is 7.89. The van der Waals surface area contributed by atoms with Crippen LogP contribution in [0.2, 0.25) is 0 Å². The fourth-order valence-corrected chi connectivity index (χ4v) is 5.71. The van der Waals surface area contributed by atoms with Gasteiger partial charge in [0.2, 0.25) is 10.0 Å². The minimum atomic E-state index is -3.74. The molecule has 0 aliphatic carbocycles. The summed E-state index contributed by atoms with van der Waals surface area (Å²) >= 11 is 0. The average molecular weight is 467 g/mol. The molecular formula is C26H30N2O4S. The van der Waals surface area contributed by atoms with Crippen LogP contribution in [0.3, 0.4) is 0 Å². The van der Waals surface area contributed by atoms with Gasteiger partial charge in [0.15, 0.2) is 0 Å². The molecule has 0 aromatic heterocycles. The first-order valence-corrected chi connectivity index (χ1v) is 12.5.